The van der Waals surface area contributed by atoms with Crippen molar-refractivity contribution >= 4 is 49.4 Å². The van der Waals surface area contributed by atoms with Crippen LogP contribution in [0.5, 0.6) is 5.75 Å². The van der Waals surface area contributed by atoms with Crippen molar-refractivity contribution in [3.8, 4) is 17.9 Å². The Balaban J connectivity index is 1.56. The van der Waals surface area contributed by atoms with Crippen LogP contribution >= 0.6 is 0 Å². The number of allylic oxidation sites excluding steroid dienone is 2. The molecule has 0 amide bonds. The molecule has 0 aliphatic heterocycles. The fourth-order valence-electron chi connectivity index (χ4n) is 4.88. The molecule has 7 heteroatoms. The van der Waals surface area contributed by atoms with Crippen LogP contribution < -0.4 is 5.63 Å². The number of nitriles is 2. The second-order valence-electron chi connectivity index (χ2n) is 8.84. The van der Waals surface area contributed by atoms with Crippen molar-refractivity contribution in [2.45, 2.75) is 12.8 Å². The molecule has 0 saturated carbocycles. The van der Waals surface area contributed by atoms with Crippen LogP contribution in [0.4, 0.5) is 0 Å². The van der Waals surface area contributed by atoms with Crippen LogP contribution in [0.3, 0.4) is 0 Å². The summed E-state index contributed by atoms with van der Waals surface area (Å²) in [6.45, 7) is 0. The number of hydrogen-bond acceptors (Lipinski definition) is 7. The van der Waals surface area contributed by atoms with Gasteiger partial charge in [-0.1, -0.05) is 54.6 Å². The second kappa shape index (κ2) is 9.16. The predicted molar refractivity (Wildman–Crippen MR) is 145 cm³/mol. The van der Waals surface area contributed by atoms with E-state index >= 15 is 0 Å². The number of fused-ring (bicyclic) bond motifs is 5. The lowest BCUT2D eigenvalue weighted by Gasteiger charge is -2.14. The summed E-state index contributed by atoms with van der Waals surface area (Å²) in [7, 11) is 0. The van der Waals surface area contributed by atoms with E-state index in [-0.39, 0.29) is 35.3 Å². The Labute approximate surface area is 216 Å². The van der Waals surface area contributed by atoms with Crippen molar-refractivity contribution < 1.29 is 9.52 Å². The molecule has 2 heterocycles. The fraction of sp³-hybridized carbons (Fsp3) is 0.0645. The van der Waals surface area contributed by atoms with Gasteiger partial charge in [0.1, 0.15) is 29.0 Å². The third-order valence-corrected chi connectivity index (χ3v) is 6.70. The van der Waals surface area contributed by atoms with Crippen LogP contribution in [0.2, 0.25) is 0 Å². The van der Waals surface area contributed by atoms with E-state index < -0.39 is 5.63 Å². The van der Waals surface area contributed by atoms with E-state index in [4.69, 9.17) is 14.4 Å². The van der Waals surface area contributed by atoms with Gasteiger partial charge in [0.15, 0.2) is 0 Å². The monoisotopic (exact) mass is 494 g/mol. The summed E-state index contributed by atoms with van der Waals surface area (Å²) >= 11 is 0. The van der Waals surface area contributed by atoms with Gasteiger partial charge in [-0.3, -0.25) is 0 Å². The molecule has 6 aromatic rings. The van der Waals surface area contributed by atoms with Crippen LogP contribution in [0.25, 0.3) is 49.4 Å². The number of benzene rings is 4. The Morgan fingerprint density at radius 1 is 0.842 bits per heavy atom. The Kier molecular flexibility index (Phi) is 5.52. The van der Waals surface area contributed by atoms with Crippen LogP contribution in [0.15, 0.2) is 93.6 Å². The molecule has 4 aromatic carbocycles. The van der Waals surface area contributed by atoms with Gasteiger partial charge in [-0.25, -0.2) is 14.8 Å². The maximum atomic E-state index is 12.9. The Morgan fingerprint density at radius 2 is 1.47 bits per heavy atom. The average molecular weight is 495 g/mol. The molecule has 0 bridgehead atoms. The summed E-state index contributed by atoms with van der Waals surface area (Å²) in [4.78, 5) is 22.6. The molecule has 1 N–H and O–H groups in total. The topological polar surface area (TPSA) is 124 Å². The Morgan fingerprint density at radius 3 is 2.21 bits per heavy atom. The van der Waals surface area contributed by atoms with E-state index in [9.17, 15) is 20.4 Å². The summed E-state index contributed by atoms with van der Waals surface area (Å²) < 4.78 is 5.48. The zero-order valence-corrected chi connectivity index (χ0v) is 20.0. The fourth-order valence-corrected chi connectivity index (χ4v) is 4.88. The predicted octanol–water partition coefficient (Wildman–Crippen LogP) is 6.18. The summed E-state index contributed by atoms with van der Waals surface area (Å²) in [5, 5.41) is 32.8. The van der Waals surface area contributed by atoms with Crippen molar-refractivity contribution in [2.75, 3.05) is 0 Å². The molecule has 0 atom stereocenters. The molecule has 0 saturated heterocycles. The summed E-state index contributed by atoms with van der Waals surface area (Å²) in [6, 6.07) is 27.4. The standard InChI is InChI=1S/C31H18N4O3/c32-16-19(17-33)20(24-15-18-7-1-6-12-27(18)38-31(24)37)13-14-23-29-28(21-8-2-3-9-22(21)30(23)36)34-25-10-4-5-11-26(25)35-29/h1-12,15,36H,13-14H2. The highest BCUT2D eigenvalue weighted by molar-refractivity contribution is 6.10. The van der Waals surface area contributed by atoms with E-state index in [0.29, 0.717) is 38.5 Å². The number of para-hydroxylation sites is 3. The number of aryl methyl sites for hydroxylation is 1. The lowest BCUT2D eigenvalue weighted by molar-refractivity contribution is 0.475. The van der Waals surface area contributed by atoms with Crippen molar-refractivity contribution in [1.82, 2.24) is 9.97 Å². The molecule has 0 fully saturated rings. The van der Waals surface area contributed by atoms with Crippen LogP contribution in [0.1, 0.15) is 17.5 Å². The van der Waals surface area contributed by atoms with Gasteiger partial charge < -0.3 is 9.52 Å². The van der Waals surface area contributed by atoms with Gasteiger partial charge in [0.05, 0.1) is 27.6 Å². The zero-order chi connectivity index (χ0) is 26.2. The van der Waals surface area contributed by atoms with E-state index in [2.05, 4.69) is 0 Å². The normalized spacial score (nSPS) is 11.0. The molecule has 0 unspecified atom stereocenters. The first-order valence-corrected chi connectivity index (χ1v) is 11.9. The Hall–Kier alpha value is -5.53. The van der Waals surface area contributed by atoms with E-state index in [0.717, 1.165) is 10.9 Å². The van der Waals surface area contributed by atoms with Crippen LogP contribution in [-0.4, -0.2) is 15.1 Å². The molecule has 0 aliphatic rings. The molecule has 0 spiro atoms. The molecule has 0 aliphatic carbocycles. The minimum atomic E-state index is -0.639. The number of rotatable bonds is 4. The molecule has 7 nitrogen and oxygen atoms in total. The maximum Gasteiger partial charge on any atom is 0.343 e. The SMILES string of the molecule is N#CC(C#N)=C(CCc1c(O)c2ccccc2c2nc3ccccc3nc12)c1cc2ccccc2oc1=O. The van der Waals surface area contributed by atoms with Gasteiger partial charge >= 0.3 is 5.63 Å². The lowest BCUT2D eigenvalue weighted by atomic mass is 9.92. The number of phenols is 1. The molecular weight excluding hydrogens is 476 g/mol. The van der Waals surface area contributed by atoms with E-state index in [1.54, 1.807) is 24.3 Å². The number of phenolic OH excluding ortho intramolecular Hbond substituents is 1. The maximum absolute atomic E-state index is 12.9. The number of nitrogens with zero attached hydrogens (tertiary/aromatic N) is 4. The number of aromatic hydroxyl groups is 1. The van der Waals surface area contributed by atoms with Crippen LogP contribution in [-0.2, 0) is 6.42 Å². The smallest absolute Gasteiger partial charge is 0.343 e. The van der Waals surface area contributed by atoms with Crippen molar-refractivity contribution in [2.24, 2.45) is 0 Å². The average Bonchev–Trinajstić information content (AvgIpc) is 2.95. The molecule has 2 aromatic heterocycles. The van der Waals surface area contributed by atoms with Gasteiger partial charge in [-0.2, -0.15) is 10.5 Å². The van der Waals surface area contributed by atoms with Gasteiger partial charge in [0.2, 0.25) is 0 Å². The quantitative estimate of drug-likeness (QED) is 0.134. The second-order valence-corrected chi connectivity index (χ2v) is 8.84. The summed E-state index contributed by atoms with van der Waals surface area (Å²) in [5.41, 5.74) is 3.08. The molecular formula is C31H18N4O3. The molecule has 6 rings (SSSR count). The van der Waals surface area contributed by atoms with Gasteiger partial charge in [0, 0.05) is 21.7 Å². The van der Waals surface area contributed by atoms with Gasteiger partial charge in [-0.05, 0) is 42.7 Å². The summed E-state index contributed by atoms with van der Waals surface area (Å²) in [5.74, 6) is 0.0537. The highest BCUT2D eigenvalue weighted by Crippen LogP contribution is 2.38. The zero-order valence-electron chi connectivity index (χ0n) is 20.0. The first kappa shape index (κ1) is 22.9. The molecule has 38 heavy (non-hydrogen) atoms. The van der Waals surface area contributed by atoms with Crippen molar-refractivity contribution in [1.29, 1.82) is 10.5 Å². The third-order valence-electron chi connectivity index (χ3n) is 6.70. The largest absolute Gasteiger partial charge is 0.507 e. The molecule has 180 valence electrons. The summed E-state index contributed by atoms with van der Waals surface area (Å²) in [6.07, 6.45) is 0.323. The molecule has 0 radical (unpaired) electrons. The van der Waals surface area contributed by atoms with E-state index in [1.165, 1.54) is 0 Å². The first-order valence-electron chi connectivity index (χ1n) is 11.9. The van der Waals surface area contributed by atoms with E-state index in [1.807, 2.05) is 66.7 Å². The Bertz CT molecular complexity index is 2080. The third kappa shape index (κ3) is 3.71. The first-order chi connectivity index (χ1) is 18.6. The lowest BCUT2D eigenvalue weighted by Crippen LogP contribution is -2.09. The highest BCUT2D eigenvalue weighted by Gasteiger charge is 2.20. The van der Waals surface area contributed by atoms with Crippen molar-refractivity contribution in [3.63, 3.8) is 0 Å². The van der Waals surface area contributed by atoms with Gasteiger partial charge in [0.25, 0.3) is 0 Å². The number of aromatic nitrogens is 2. The minimum Gasteiger partial charge on any atom is -0.507 e. The van der Waals surface area contributed by atoms with Gasteiger partial charge in [-0.15, -0.1) is 0 Å². The van der Waals surface area contributed by atoms with Crippen molar-refractivity contribution in [3.05, 3.63) is 106 Å². The number of hydrogen-bond donors (Lipinski definition) is 1. The highest BCUT2D eigenvalue weighted by atomic mass is 16.4. The van der Waals surface area contributed by atoms with Crippen LogP contribution in [0, 0.1) is 22.7 Å². The minimum absolute atomic E-state index is 0.0537.